The van der Waals surface area contributed by atoms with Crippen molar-refractivity contribution in [3.05, 3.63) is 29.8 Å². The monoisotopic (exact) mass is 470 g/mol. The van der Waals surface area contributed by atoms with Crippen LogP contribution >= 0.6 is 0 Å². The van der Waals surface area contributed by atoms with Gasteiger partial charge in [0, 0.05) is 50.9 Å². The summed E-state index contributed by atoms with van der Waals surface area (Å²) in [6.07, 6.45) is 3.75. The third kappa shape index (κ3) is 6.50. The van der Waals surface area contributed by atoms with Crippen LogP contribution in [0.4, 0.5) is 10.5 Å². The van der Waals surface area contributed by atoms with E-state index < -0.39 is 5.60 Å². The number of rotatable bonds is 5. The lowest BCUT2D eigenvalue weighted by Gasteiger charge is -2.34. The average molecular weight is 471 g/mol. The van der Waals surface area contributed by atoms with Crippen molar-refractivity contribution in [2.75, 3.05) is 37.6 Å². The van der Waals surface area contributed by atoms with Gasteiger partial charge in [0.2, 0.25) is 11.8 Å². The zero-order valence-electron chi connectivity index (χ0n) is 20.6. The average Bonchev–Trinajstić information content (AvgIpc) is 3.22. The largest absolute Gasteiger partial charge is 0.444 e. The number of carbonyl (C=O) groups is 3. The molecule has 8 heteroatoms. The molecule has 1 aromatic carbocycles. The summed E-state index contributed by atoms with van der Waals surface area (Å²) in [5, 5.41) is 5.46. The van der Waals surface area contributed by atoms with E-state index in [1.165, 1.54) is 12.1 Å². The topological polar surface area (TPSA) is 91.0 Å². The highest BCUT2D eigenvalue weighted by molar-refractivity contribution is 6.00. The molecule has 0 spiro atoms. The van der Waals surface area contributed by atoms with Gasteiger partial charge in [-0.15, -0.1) is 0 Å². The number of nitrogens with one attached hydrogen (secondary N) is 2. The number of piperidine rings is 2. The molecular formula is C26H38N4O4. The van der Waals surface area contributed by atoms with Crippen LogP contribution in [0.1, 0.15) is 64.4 Å². The molecule has 4 rings (SSSR count). The van der Waals surface area contributed by atoms with Crippen LogP contribution in [0.3, 0.4) is 0 Å². The first-order valence-electron chi connectivity index (χ1n) is 12.6. The van der Waals surface area contributed by atoms with Crippen LogP contribution in [0.15, 0.2) is 24.3 Å². The predicted octanol–water partition coefficient (Wildman–Crippen LogP) is 3.02. The Bertz CT molecular complexity index is 887. The van der Waals surface area contributed by atoms with Gasteiger partial charge in [-0.1, -0.05) is 12.1 Å². The van der Waals surface area contributed by atoms with E-state index in [1.54, 1.807) is 0 Å². The smallest absolute Gasteiger partial charge is 0.407 e. The molecule has 3 fully saturated rings. The number of alkyl carbamates (subject to hydrolysis) is 1. The second-order valence-corrected chi connectivity index (χ2v) is 10.9. The molecule has 3 aliphatic rings. The normalized spacial score (nSPS) is 24.7. The van der Waals surface area contributed by atoms with Gasteiger partial charge in [-0.3, -0.25) is 14.9 Å². The Labute approximate surface area is 202 Å². The lowest BCUT2D eigenvalue weighted by molar-refractivity contribution is -0.134. The van der Waals surface area contributed by atoms with Crippen molar-refractivity contribution in [2.24, 2.45) is 5.92 Å². The maximum Gasteiger partial charge on any atom is 0.407 e. The molecule has 2 atom stereocenters. The number of carbonyl (C=O) groups excluding carboxylic acids is 3. The standard InChI is InChI=1S/C26H38N4O4/c1-26(2,3)34-25(33)27-20-11-13-29(14-12-20)16-18-10-15-30(17-18)21-6-4-19(5-7-21)22-8-9-23(31)28-24(22)32/h4-7,18,20,22H,8-17H2,1-3H3,(H,27,33)(H,28,31,32). The number of hydrogen-bond acceptors (Lipinski definition) is 6. The number of ether oxygens (including phenoxy) is 1. The molecule has 2 N–H and O–H groups in total. The molecule has 3 heterocycles. The fourth-order valence-electron chi connectivity index (χ4n) is 5.24. The van der Waals surface area contributed by atoms with Crippen LogP contribution in [-0.4, -0.2) is 67.2 Å². The highest BCUT2D eigenvalue weighted by Crippen LogP contribution is 2.29. The summed E-state index contributed by atoms with van der Waals surface area (Å²) in [7, 11) is 0. The first-order valence-corrected chi connectivity index (χ1v) is 12.6. The molecule has 0 saturated carbocycles. The molecule has 3 saturated heterocycles. The Morgan fingerprint density at radius 2 is 1.76 bits per heavy atom. The second kappa shape index (κ2) is 10.3. The molecular weight excluding hydrogens is 432 g/mol. The van der Waals surface area contributed by atoms with Gasteiger partial charge in [-0.25, -0.2) is 4.79 Å². The third-order valence-electron chi connectivity index (χ3n) is 7.01. The minimum atomic E-state index is -0.468. The van der Waals surface area contributed by atoms with Crippen molar-refractivity contribution < 1.29 is 19.1 Å². The molecule has 1 aromatic rings. The van der Waals surface area contributed by atoms with E-state index in [9.17, 15) is 14.4 Å². The third-order valence-corrected chi connectivity index (χ3v) is 7.01. The fourth-order valence-corrected chi connectivity index (χ4v) is 5.24. The van der Waals surface area contributed by atoms with Crippen molar-refractivity contribution >= 4 is 23.6 Å². The van der Waals surface area contributed by atoms with Crippen LogP contribution in [0.25, 0.3) is 0 Å². The van der Waals surface area contributed by atoms with E-state index in [0.717, 1.165) is 51.1 Å². The summed E-state index contributed by atoms with van der Waals surface area (Å²) in [5.41, 5.74) is 1.70. The van der Waals surface area contributed by atoms with Gasteiger partial charge >= 0.3 is 6.09 Å². The van der Waals surface area contributed by atoms with E-state index in [1.807, 2.05) is 32.9 Å². The van der Waals surface area contributed by atoms with Crippen molar-refractivity contribution in [2.45, 2.75) is 70.4 Å². The number of hydrogen-bond donors (Lipinski definition) is 2. The van der Waals surface area contributed by atoms with E-state index in [0.29, 0.717) is 18.8 Å². The SMILES string of the molecule is CC(C)(C)OC(=O)NC1CCN(CC2CCN(c3ccc(C4CCC(=O)NC4=O)cc3)C2)CC1. The van der Waals surface area contributed by atoms with E-state index >= 15 is 0 Å². The Morgan fingerprint density at radius 1 is 1.06 bits per heavy atom. The number of likely N-dealkylation sites (tertiary alicyclic amines) is 1. The highest BCUT2D eigenvalue weighted by atomic mass is 16.6. The minimum Gasteiger partial charge on any atom is -0.444 e. The maximum absolute atomic E-state index is 12.1. The van der Waals surface area contributed by atoms with E-state index in [2.05, 4.69) is 32.6 Å². The highest BCUT2D eigenvalue weighted by Gasteiger charge is 2.30. The van der Waals surface area contributed by atoms with Gasteiger partial charge in [0.05, 0.1) is 5.92 Å². The van der Waals surface area contributed by atoms with Crippen LogP contribution in [0, 0.1) is 5.92 Å². The predicted molar refractivity (Wildman–Crippen MR) is 131 cm³/mol. The zero-order valence-corrected chi connectivity index (χ0v) is 20.6. The van der Waals surface area contributed by atoms with Crippen molar-refractivity contribution in [1.82, 2.24) is 15.5 Å². The molecule has 3 amide bonds. The van der Waals surface area contributed by atoms with Gasteiger partial charge in [0.1, 0.15) is 5.60 Å². The summed E-state index contributed by atoms with van der Waals surface area (Å²) >= 11 is 0. The molecule has 0 aromatic heterocycles. The number of anilines is 1. The van der Waals surface area contributed by atoms with Crippen LogP contribution in [0.5, 0.6) is 0 Å². The second-order valence-electron chi connectivity index (χ2n) is 10.9. The van der Waals surface area contributed by atoms with Crippen molar-refractivity contribution in [3.63, 3.8) is 0 Å². The summed E-state index contributed by atoms with van der Waals surface area (Å²) in [5.74, 6) is 0.0378. The van der Waals surface area contributed by atoms with E-state index in [4.69, 9.17) is 4.74 Å². The molecule has 8 nitrogen and oxygen atoms in total. The lowest BCUT2D eigenvalue weighted by Crippen LogP contribution is -2.47. The molecule has 2 unspecified atom stereocenters. The van der Waals surface area contributed by atoms with Crippen molar-refractivity contribution in [1.29, 1.82) is 0 Å². The van der Waals surface area contributed by atoms with Gasteiger partial charge in [-0.2, -0.15) is 0 Å². The fraction of sp³-hybridized carbons (Fsp3) is 0.654. The number of amides is 3. The van der Waals surface area contributed by atoms with Crippen LogP contribution < -0.4 is 15.5 Å². The summed E-state index contributed by atoms with van der Waals surface area (Å²) in [6, 6.07) is 8.47. The Hall–Kier alpha value is -2.61. The minimum absolute atomic E-state index is 0.176. The Morgan fingerprint density at radius 3 is 2.41 bits per heavy atom. The quantitative estimate of drug-likeness (QED) is 0.643. The van der Waals surface area contributed by atoms with Crippen molar-refractivity contribution in [3.8, 4) is 0 Å². The number of nitrogens with zero attached hydrogens (tertiary/aromatic N) is 2. The molecule has 186 valence electrons. The zero-order chi connectivity index (χ0) is 24.3. The molecule has 0 radical (unpaired) electrons. The number of imide groups is 1. The van der Waals surface area contributed by atoms with Gasteiger partial charge in [0.15, 0.2) is 0 Å². The Kier molecular flexibility index (Phi) is 7.45. The first-order chi connectivity index (χ1) is 16.2. The van der Waals surface area contributed by atoms with Gasteiger partial charge in [-0.05, 0) is 70.1 Å². The van der Waals surface area contributed by atoms with Crippen LogP contribution in [0.2, 0.25) is 0 Å². The van der Waals surface area contributed by atoms with Gasteiger partial charge < -0.3 is 19.9 Å². The molecule has 34 heavy (non-hydrogen) atoms. The van der Waals surface area contributed by atoms with E-state index in [-0.39, 0.29) is 29.9 Å². The first kappa shape index (κ1) is 24.5. The van der Waals surface area contributed by atoms with Crippen LogP contribution in [-0.2, 0) is 14.3 Å². The number of benzene rings is 1. The lowest BCUT2D eigenvalue weighted by atomic mass is 9.90. The molecule has 0 aliphatic carbocycles. The summed E-state index contributed by atoms with van der Waals surface area (Å²) < 4.78 is 5.38. The maximum atomic E-state index is 12.1. The molecule has 0 bridgehead atoms. The van der Waals surface area contributed by atoms with Gasteiger partial charge in [0.25, 0.3) is 0 Å². The molecule has 3 aliphatic heterocycles. The Balaban J connectivity index is 1.21. The summed E-state index contributed by atoms with van der Waals surface area (Å²) in [4.78, 5) is 40.5. The summed E-state index contributed by atoms with van der Waals surface area (Å²) in [6.45, 7) is 10.8.